The highest BCUT2D eigenvalue weighted by molar-refractivity contribution is 9.10. The van der Waals surface area contributed by atoms with Crippen LogP contribution in [0.3, 0.4) is 0 Å². The van der Waals surface area contributed by atoms with Crippen molar-refractivity contribution in [2.24, 2.45) is 0 Å². The molecule has 3 rings (SSSR count). The molecule has 1 heterocycles. The molecular weight excluding hydrogens is 337 g/mol. The van der Waals surface area contributed by atoms with Crippen LogP contribution in [0.25, 0.3) is 0 Å². The van der Waals surface area contributed by atoms with Crippen LogP contribution >= 0.6 is 15.9 Å². The lowest BCUT2D eigenvalue weighted by Crippen LogP contribution is -2.06. The Bertz CT molecular complexity index is 730. The van der Waals surface area contributed by atoms with Gasteiger partial charge in [-0.1, -0.05) is 15.9 Å². The molecule has 0 unspecified atom stereocenters. The largest absolute Gasteiger partial charge is 0.493 e. The molecule has 0 fully saturated rings. The second-order valence-electron chi connectivity index (χ2n) is 4.99. The maximum absolute atomic E-state index is 13.5. The smallest absolute Gasteiger partial charge is 0.167 e. The van der Waals surface area contributed by atoms with Gasteiger partial charge in [-0.15, -0.1) is 0 Å². The van der Waals surface area contributed by atoms with E-state index in [2.05, 4.69) is 15.9 Å². The van der Waals surface area contributed by atoms with E-state index in [-0.39, 0.29) is 17.9 Å². The molecule has 2 N–H and O–H groups in total. The van der Waals surface area contributed by atoms with Crippen LogP contribution in [0.5, 0.6) is 5.75 Å². The first-order valence-electron chi connectivity index (χ1n) is 6.57. The zero-order chi connectivity index (χ0) is 15.0. The van der Waals surface area contributed by atoms with Crippen LogP contribution in [0.1, 0.15) is 21.5 Å². The fourth-order valence-corrected chi connectivity index (χ4v) is 3.01. The number of ether oxygens (including phenoxy) is 1. The number of carbonyl (C=O) groups is 1. The lowest BCUT2D eigenvalue weighted by Gasteiger charge is -2.09. The number of rotatable bonds is 3. The standard InChI is InChI=1S/C16H13BrFNO2/c17-12-5-10-3-4-21-16(10)11(6-12)8-15(20)9-1-2-14(19)13(18)7-9/h1-2,5-7H,3-4,8,19H2. The van der Waals surface area contributed by atoms with Crippen molar-refractivity contribution in [3.8, 4) is 5.75 Å². The molecule has 2 aromatic rings. The van der Waals surface area contributed by atoms with Gasteiger partial charge in [0.25, 0.3) is 0 Å². The fraction of sp³-hybridized carbons (Fsp3) is 0.188. The molecule has 0 bridgehead atoms. The highest BCUT2D eigenvalue weighted by atomic mass is 79.9. The first-order chi connectivity index (χ1) is 10.0. The minimum atomic E-state index is -0.573. The van der Waals surface area contributed by atoms with Gasteiger partial charge in [0.05, 0.1) is 12.3 Å². The van der Waals surface area contributed by atoms with E-state index in [0.717, 1.165) is 27.8 Å². The SMILES string of the molecule is Nc1ccc(C(=O)Cc2cc(Br)cc3c2OCC3)cc1F. The number of carbonyl (C=O) groups excluding carboxylic acids is 1. The average Bonchev–Trinajstić information content (AvgIpc) is 2.90. The number of anilines is 1. The van der Waals surface area contributed by atoms with Gasteiger partial charge in [-0.05, 0) is 35.9 Å². The molecule has 3 nitrogen and oxygen atoms in total. The third kappa shape index (κ3) is 2.78. The number of Topliss-reactive ketones (excluding diaryl/α,β-unsaturated/α-hetero) is 1. The second kappa shape index (κ2) is 5.48. The predicted octanol–water partition coefficient (Wildman–Crippen LogP) is 3.53. The molecule has 5 heteroatoms. The van der Waals surface area contributed by atoms with Gasteiger partial charge in [-0.2, -0.15) is 0 Å². The second-order valence-corrected chi connectivity index (χ2v) is 5.90. The molecule has 0 aromatic heterocycles. The fourth-order valence-electron chi connectivity index (χ4n) is 2.45. The monoisotopic (exact) mass is 349 g/mol. The summed E-state index contributed by atoms with van der Waals surface area (Å²) < 4.78 is 20.0. The number of nitrogens with two attached hydrogens (primary N) is 1. The minimum absolute atomic E-state index is 0.0400. The van der Waals surface area contributed by atoms with Crippen molar-refractivity contribution >= 4 is 27.4 Å². The quantitative estimate of drug-likeness (QED) is 0.681. The molecule has 108 valence electrons. The molecule has 1 aliphatic rings. The summed E-state index contributed by atoms with van der Waals surface area (Å²) in [6.07, 6.45) is 1.01. The molecule has 0 atom stereocenters. The van der Waals surface area contributed by atoms with E-state index in [4.69, 9.17) is 10.5 Å². The number of hydrogen-bond acceptors (Lipinski definition) is 3. The maximum Gasteiger partial charge on any atom is 0.167 e. The van der Waals surface area contributed by atoms with E-state index in [9.17, 15) is 9.18 Å². The van der Waals surface area contributed by atoms with Crippen LogP contribution < -0.4 is 10.5 Å². The maximum atomic E-state index is 13.5. The lowest BCUT2D eigenvalue weighted by atomic mass is 10.00. The molecule has 0 saturated carbocycles. The zero-order valence-electron chi connectivity index (χ0n) is 11.2. The molecule has 2 aromatic carbocycles. The van der Waals surface area contributed by atoms with Crippen LogP contribution in [0.2, 0.25) is 0 Å². The van der Waals surface area contributed by atoms with Gasteiger partial charge < -0.3 is 10.5 Å². The first kappa shape index (κ1) is 14.1. The van der Waals surface area contributed by atoms with E-state index in [1.165, 1.54) is 12.1 Å². The Morgan fingerprint density at radius 2 is 2.14 bits per heavy atom. The lowest BCUT2D eigenvalue weighted by molar-refractivity contribution is 0.0991. The number of halogens is 2. The van der Waals surface area contributed by atoms with Crippen LogP contribution in [0.4, 0.5) is 10.1 Å². The molecule has 21 heavy (non-hydrogen) atoms. The van der Waals surface area contributed by atoms with Crippen LogP contribution in [-0.4, -0.2) is 12.4 Å². The summed E-state index contributed by atoms with van der Waals surface area (Å²) in [6, 6.07) is 8.00. The van der Waals surface area contributed by atoms with E-state index in [1.807, 2.05) is 12.1 Å². The van der Waals surface area contributed by atoms with E-state index in [0.29, 0.717) is 12.2 Å². The van der Waals surface area contributed by atoms with Crippen LogP contribution in [-0.2, 0) is 12.8 Å². The summed E-state index contributed by atoms with van der Waals surface area (Å²) in [5.41, 5.74) is 7.69. The zero-order valence-corrected chi connectivity index (χ0v) is 12.7. The Morgan fingerprint density at radius 1 is 1.33 bits per heavy atom. The molecular formula is C16H13BrFNO2. The van der Waals surface area contributed by atoms with Crippen LogP contribution in [0, 0.1) is 5.82 Å². The average molecular weight is 350 g/mol. The summed E-state index contributed by atoms with van der Waals surface area (Å²) in [6.45, 7) is 0.628. The number of nitrogen functional groups attached to an aromatic ring is 1. The Morgan fingerprint density at radius 3 is 2.90 bits per heavy atom. The van der Waals surface area contributed by atoms with Gasteiger partial charge in [0, 0.05) is 28.4 Å². The van der Waals surface area contributed by atoms with Crippen molar-refractivity contribution in [2.75, 3.05) is 12.3 Å². The minimum Gasteiger partial charge on any atom is -0.493 e. The highest BCUT2D eigenvalue weighted by Gasteiger charge is 2.20. The third-order valence-corrected chi connectivity index (χ3v) is 3.96. The summed E-state index contributed by atoms with van der Waals surface area (Å²) in [7, 11) is 0. The molecule has 0 aliphatic carbocycles. The van der Waals surface area contributed by atoms with Gasteiger partial charge in [0.1, 0.15) is 11.6 Å². The van der Waals surface area contributed by atoms with Gasteiger partial charge in [0.2, 0.25) is 0 Å². The van der Waals surface area contributed by atoms with Crippen molar-refractivity contribution < 1.29 is 13.9 Å². The number of fused-ring (bicyclic) bond motifs is 1. The topological polar surface area (TPSA) is 52.3 Å². The first-order valence-corrected chi connectivity index (χ1v) is 7.36. The van der Waals surface area contributed by atoms with Crippen molar-refractivity contribution in [3.63, 3.8) is 0 Å². The number of benzene rings is 2. The van der Waals surface area contributed by atoms with Crippen molar-refractivity contribution in [2.45, 2.75) is 12.8 Å². The molecule has 0 spiro atoms. The summed E-state index contributed by atoms with van der Waals surface area (Å²) >= 11 is 3.44. The van der Waals surface area contributed by atoms with Crippen molar-refractivity contribution in [1.29, 1.82) is 0 Å². The highest BCUT2D eigenvalue weighted by Crippen LogP contribution is 2.33. The number of ketones is 1. The van der Waals surface area contributed by atoms with Crippen molar-refractivity contribution in [3.05, 3.63) is 57.3 Å². The number of hydrogen-bond donors (Lipinski definition) is 1. The molecule has 0 amide bonds. The van der Waals surface area contributed by atoms with Gasteiger partial charge >= 0.3 is 0 Å². The van der Waals surface area contributed by atoms with E-state index in [1.54, 1.807) is 6.07 Å². The molecule has 1 aliphatic heterocycles. The van der Waals surface area contributed by atoms with Crippen molar-refractivity contribution in [1.82, 2.24) is 0 Å². The Hall–Kier alpha value is -1.88. The molecule has 0 saturated heterocycles. The Kier molecular flexibility index (Phi) is 3.68. The van der Waals surface area contributed by atoms with Crippen LogP contribution in [0.15, 0.2) is 34.8 Å². The summed E-state index contributed by atoms with van der Waals surface area (Å²) in [4.78, 5) is 12.3. The third-order valence-electron chi connectivity index (χ3n) is 3.50. The van der Waals surface area contributed by atoms with Gasteiger partial charge in [0.15, 0.2) is 5.78 Å². The van der Waals surface area contributed by atoms with E-state index >= 15 is 0 Å². The summed E-state index contributed by atoms with van der Waals surface area (Å²) in [5, 5.41) is 0. The predicted molar refractivity (Wildman–Crippen MR) is 82.2 cm³/mol. The normalized spacial score (nSPS) is 12.9. The van der Waals surface area contributed by atoms with E-state index < -0.39 is 5.82 Å². The summed E-state index contributed by atoms with van der Waals surface area (Å²) in [5.74, 6) is 0.0451. The molecule has 0 radical (unpaired) electrons. The Labute approximate surface area is 130 Å². The Balaban J connectivity index is 1.90. The van der Waals surface area contributed by atoms with Gasteiger partial charge in [-0.3, -0.25) is 4.79 Å². The van der Waals surface area contributed by atoms with Gasteiger partial charge in [-0.25, -0.2) is 4.39 Å².